The molecule has 1 atom stereocenters. The van der Waals surface area contributed by atoms with Crippen molar-refractivity contribution in [3.8, 4) is 0 Å². The lowest BCUT2D eigenvalue weighted by molar-refractivity contribution is -0.384. The Morgan fingerprint density at radius 2 is 1.92 bits per heavy atom. The van der Waals surface area contributed by atoms with Gasteiger partial charge in [-0.1, -0.05) is 30.3 Å². The Hall–Kier alpha value is -2.00. The van der Waals surface area contributed by atoms with Gasteiger partial charge in [0.1, 0.15) is 0 Å². The van der Waals surface area contributed by atoms with E-state index >= 15 is 0 Å². The van der Waals surface area contributed by atoms with Gasteiger partial charge in [0, 0.05) is 22.2 Å². The van der Waals surface area contributed by atoms with Crippen molar-refractivity contribution in [1.29, 1.82) is 0 Å². The summed E-state index contributed by atoms with van der Waals surface area (Å²) < 4.78 is 0.556. The van der Waals surface area contributed by atoms with Gasteiger partial charge in [0.2, 0.25) is 0 Å². The van der Waals surface area contributed by atoms with Crippen LogP contribution < -0.4 is 5.32 Å². The standard InChI is InChI=1S/C17H18IN3O3/c1-20(2)16(12-6-4-3-5-7-12)11-19-17(22)14-9-8-13(21(23)24)10-15(14)18/h3-10,16H,11H2,1-2H3,(H,19,22). The number of halogens is 1. The summed E-state index contributed by atoms with van der Waals surface area (Å²) in [6, 6.07) is 14.2. The summed E-state index contributed by atoms with van der Waals surface area (Å²) in [5.74, 6) is -0.239. The lowest BCUT2D eigenvalue weighted by Gasteiger charge is -2.25. The highest BCUT2D eigenvalue weighted by molar-refractivity contribution is 14.1. The highest BCUT2D eigenvalue weighted by atomic mass is 127. The number of carbonyl (C=O) groups excluding carboxylic acids is 1. The zero-order valence-electron chi connectivity index (χ0n) is 13.4. The van der Waals surface area contributed by atoms with Gasteiger partial charge in [-0.15, -0.1) is 0 Å². The predicted octanol–water partition coefficient (Wildman–Crippen LogP) is 3.23. The van der Waals surface area contributed by atoms with Crippen LogP contribution in [0.2, 0.25) is 0 Å². The van der Waals surface area contributed by atoms with Gasteiger partial charge in [0.05, 0.1) is 16.5 Å². The van der Waals surface area contributed by atoms with E-state index in [2.05, 4.69) is 5.32 Å². The Morgan fingerprint density at radius 3 is 2.46 bits per heavy atom. The maximum absolute atomic E-state index is 12.4. The maximum Gasteiger partial charge on any atom is 0.270 e. The average molecular weight is 439 g/mol. The number of nitro benzene ring substituents is 1. The largest absolute Gasteiger partial charge is 0.350 e. The second-order valence-corrected chi connectivity index (χ2v) is 6.68. The molecule has 0 spiro atoms. The van der Waals surface area contributed by atoms with Gasteiger partial charge >= 0.3 is 0 Å². The van der Waals surface area contributed by atoms with Crippen molar-refractivity contribution < 1.29 is 9.72 Å². The minimum atomic E-state index is -0.471. The smallest absolute Gasteiger partial charge is 0.270 e. The number of nitrogens with one attached hydrogen (secondary N) is 1. The lowest BCUT2D eigenvalue weighted by Crippen LogP contribution is -2.34. The first-order valence-corrected chi connectivity index (χ1v) is 8.41. The van der Waals surface area contributed by atoms with Crippen molar-refractivity contribution in [2.75, 3.05) is 20.6 Å². The quantitative estimate of drug-likeness (QED) is 0.426. The van der Waals surface area contributed by atoms with Crippen molar-refractivity contribution >= 4 is 34.2 Å². The summed E-state index contributed by atoms with van der Waals surface area (Å²) in [4.78, 5) is 24.7. The molecule has 1 N–H and O–H groups in total. The van der Waals surface area contributed by atoms with E-state index in [0.29, 0.717) is 15.7 Å². The summed E-state index contributed by atoms with van der Waals surface area (Å²) in [6.45, 7) is 0.447. The first-order valence-electron chi connectivity index (χ1n) is 7.33. The molecule has 6 nitrogen and oxygen atoms in total. The number of amides is 1. The minimum Gasteiger partial charge on any atom is -0.350 e. The molecular formula is C17H18IN3O3. The number of non-ortho nitro benzene ring substituents is 1. The van der Waals surface area contributed by atoms with Gasteiger partial charge in [-0.3, -0.25) is 14.9 Å². The molecule has 0 bridgehead atoms. The van der Waals surface area contributed by atoms with E-state index in [9.17, 15) is 14.9 Å². The summed E-state index contributed by atoms with van der Waals surface area (Å²) in [5.41, 5.74) is 1.53. The minimum absolute atomic E-state index is 0.0218. The van der Waals surface area contributed by atoms with Gasteiger partial charge in [0.15, 0.2) is 0 Å². The van der Waals surface area contributed by atoms with Gasteiger partial charge in [0.25, 0.3) is 11.6 Å². The Morgan fingerprint density at radius 1 is 1.25 bits per heavy atom. The Bertz CT molecular complexity index is 735. The zero-order valence-corrected chi connectivity index (χ0v) is 15.6. The second kappa shape index (κ2) is 8.20. The fraction of sp³-hybridized carbons (Fsp3) is 0.235. The number of carbonyl (C=O) groups is 1. The third kappa shape index (κ3) is 4.51. The fourth-order valence-electron chi connectivity index (χ4n) is 2.36. The molecule has 7 heteroatoms. The number of rotatable bonds is 6. The van der Waals surface area contributed by atoms with Gasteiger partial charge < -0.3 is 10.2 Å². The summed E-state index contributed by atoms with van der Waals surface area (Å²) in [6.07, 6.45) is 0. The lowest BCUT2D eigenvalue weighted by atomic mass is 10.1. The predicted molar refractivity (Wildman–Crippen MR) is 101 cm³/mol. The van der Waals surface area contributed by atoms with Crippen LogP contribution >= 0.6 is 22.6 Å². The van der Waals surface area contributed by atoms with Crippen LogP contribution in [0.5, 0.6) is 0 Å². The van der Waals surface area contributed by atoms with Crippen molar-refractivity contribution in [3.05, 3.63) is 73.3 Å². The Balaban J connectivity index is 2.10. The maximum atomic E-state index is 12.4. The number of likely N-dealkylation sites (N-methyl/N-ethyl adjacent to an activating group) is 1. The first-order chi connectivity index (χ1) is 11.4. The number of hydrogen-bond acceptors (Lipinski definition) is 4. The van der Waals surface area contributed by atoms with E-state index in [1.165, 1.54) is 18.2 Å². The van der Waals surface area contributed by atoms with Crippen LogP contribution in [0.4, 0.5) is 5.69 Å². The summed E-state index contributed by atoms with van der Waals surface area (Å²) in [7, 11) is 3.92. The topological polar surface area (TPSA) is 75.5 Å². The van der Waals surface area contributed by atoms with Gasteiger partial charge in [-0.2, -0.15) is 0 Å². The van der Waals surface area contributed by atoms with E-state index in [1.54, 1.807) is 0 Å². The van der Waals surface area contributed by atoms with Crippen molar-refractivity contribution in [3.63, 3.8) is 0 Å². The molecule has 24 heavy (non-hydrogen) atoms. The van der Waals surface area contributed by atoms with E-state index in [1.807, 2.05) is 71.9 Å². The average Bonchev–Trinajstić information content (AvgIpc) is 2.55. The van der Waals surface area contributed by atoms with Crippen LogP contribution in [0.15, 0.2) is 48.5 Å². The highest BCUT2D eigenvalue weighted by Crippen LogP contribution is 2.21. The molecule has 2 aromatic carbocycles. The fourth-order valence-corrected chi connectivity index (χ4v) is 3.10. The summed E-state index contributed by atoms with van der Waals surface area (Å²) in [5, 5.41) is 13.7. The molecule has 1 amide bonds. The molecule has 2 rings (SSSR count). The number of hydrogen-bond donors (Lipinski definition) is 1. The molecule has 0 aliphatic rings. The molecule has 0 fully saturated rings. The van der Waals surface area contributed by atoms with E-state index < -0.39 is 4.92 Å². The molecular weight excluding hydrogens is 421 g/mol. The van der Waals surface area contributed by atoms with Crippen LogP contribution in [0.3, 0.4) is 0 Å². The number of nitrogens with zero attached hydrogens (tertiary/aromatic N) is 2. The molecule has 0 aliphatic heterocycles. The number of nitro groups is 1. The van der Waals surface area contributed by atoms with Crippen LogP contribution in [0.25, 0.3) is 0 Å². The molecule has 1 unspecified atom stereocenters. The zero-order chi connectivity index (χ0) is 17.7. The van der Waals surface area contributed by atoms with Crippen LogP contribution in [0.1, 0.15) is 22.0 Å². The Kier molecular flexibility index (Phi) is 6.27. The van der Waals surface area contributed by atoms with Crippen molar-refractivity contribution in [2.24, 2.45) is 0 Å². The molecule has 0 saturated heterocycles. The second-order valence-electron chi connectivity index (χ2n) is 5.52. The van der Waals surface area contributed by atoms with Gasteiger partial charge in [-0.25, -0.2) is 0 Å². The molecule has 0 aromatic heterocycles. The molecule has 0 aliphatic carbocycles. The first kappa shape index (κ1) is 18.3. The number of benzene rings is 2. The van der Waals surface area contributed by atoms with Crippen molar-refractivity contribution in [1.82, 2.24) is 10.2 Å². The van der Waals surface area contributed by atoms with Crippen LogP contribution in [0, 0.1) is 13.7 Å². The molecule has 0 heterocycles. The van der Waals surface area contributed by atoms with Crippen LogP contribution in [-0.4, -0.2) is 36.4 Å². The molecule has 0 radical (unpaired) electrons. The third-order valence-corrected chi connectivity index (χ3v) is 4.56. The van der Waals surface area contributed by atoms with E-state index in [0.717, 1.165) is 5.56 Å². The normalized spacial score (nSPS) is 12.0. The molecule has 126 valence electrons. The van der Waals surface area contributed by atoms with Crippen molar-refractivity contribution in [2.45, 2.75) is 6.04 Å². The van der Waals surface area contributed by atoms with E-state index in [4.69, 9.17) is 0 Å². The van der Waals surface area contributed by atoms with E-state index in [-0.39, 0.29) is 17.6 Å². The summed E-state index contributed by atoms with van der Waals surface area (Å²) >= 11 is 1.94. The Labute approximate surface area is 154 Å². The monoisotopic (exact) mass is 439 g/mol. The van der Waals surface area contributed by atoms with Crippen LogP contribution in [-0.2, 0) is 0 Å². The molecule has 2 aromatic rings. The SMILES string of the molecule is CN(C)C(CNC(=O)c1ccc([N+](=O)[O-])cc1I)c1ccccc1. The third-order valence-electron chi connectivity index (χ3n) is 3.67. The highest BCUT2D eigenvalue weighted by Gasteiger charge is 2.18. The van der Waals surface area contributed by atoms with Gasteiger partial charge in [-0.05, 0) is 48.3 Å². The molecule has 0 saturated carbocycles.